The maximum atomic E-state index is 10.9. The third-order valence-electron chi connectivity index (χ3n) is 4.47. The Kier molecular flexibility index (Phi) is 8.95. The van der Waals surface area contributed by atoms with Crippen molar-refractivity contribution in [2.75, 3.05) is 0 Å². The van der Waals surface area contributed by atoms with E-state index in [-0.39, 0.29) is 17.1 Å². The van der Waals surface area contributed by atoms with E-state index in [1.807, 2.05) is 6.92 Å². The second kappa shape index (κ2) is 8.82. The molecule has 0 aromatic rings. The van der Waals surface area contributed by atoms with Gasteiger partial charge in [0.1, 0.15) is 6.29 Å². The first-order valence-electron chi connectivity index (χ1n) is 7.87. The van der Waals surface area contributed by atoms with Crippen molar-refractivity contribution in [2.24, 2.45) is 11.8 Å². The molecule has 21 heavy (non-hydrogen) atoms. The molecule has 0 rings (SSSR count). The molecule has 0 radical (unpaired) electrons. The van der Waals surface area contributed by atoms with Gasteiger partial charge in [0, 0.05) is 5.92 Å². The summed E-state index contributed by atoms with van der Waals surface area (Å²) in [5, 5.41) is 0.213. The van der Waals surface area contributed by atoms with Crippen LogP contribution in [0.2, 0.25) is 18.1 Å². The molecule has 0 N–H and O–H groups in total. The molecule has 4 heteroatoms. The van der Waals surface area contributed by atoms with Crippen molar-refractivity contribution >= 4 is 37.2 Å². The molecule has 2 nitrogen and oxygen atoms in total. The molecule has 0 aromatic heterocycles. The number of rotatable bonds is 8. The number of hydrogen-bond acceptors (Lipinski definition) is 2. The van der Waals surface area contributed by atoms with Crippen molar-refractivity contribution in [3.05, 3.63) is 9.66 Å². The summed E-state index contributed by atoms with van der Waals surface area (Å²) in [6, 6.07) is 0. The molecule has 0 aromatic carbocycles. The summed E-state index contributed by atoms with van der Waals surface area (Å²) in [6.45, 7) is 17.8. The van der Waals surface area contributed by atoms with E-state index in [1.54, 1.807) is 0 Å². The Bertz CT molecular complexity index is 354. The molecule has 0 aliphatic heterocycles. The van der Waals surface area contributed by atoms with Gasteiger partial charge in [0.15, 0.2) is 8.32 Å². The fraction of sp³-hybridized carbons (Fsp3) is 0.824. The highest BCUT2D eigenvalue weighted by molar-refractivity contribution is 14.1. The van der Waals surface area contributed by atoms with Gasteiger partial charge in [0.2, 0.25) is 0 Å². The lowest BCUT2D eigenvalue weighted by Crippen LogP contribution is -2.45. The third kappa shape index (κ3) is 7.93. The third-order valence-corrected chi connectivity index (χ3v) is 9.33. The first-order chi connectivity index (χ1) is 9.40. The van der Waals surface area contributed by atoms with E-state index in [9.17, 15) is 4.79 Å². The first kappa shape index (κ1) is 21.3. The fourth-order valence-electron chi connectivity index (χ4n) is 1.95. The molecule has 0 aliphatic rings. The standard InChI is InChI=1S/C17H33IO2Si/c1-13(12-19)9-10-16(14(2)11-15(3)18)20-21(7,8)17(4,5)6/h11-14,16H,9-10H2,1-8H3/b15-11+/t13-,14+,16-/m1/s1. The van der Waals surface area contributed by atoms with Crippen LogP contribution in [0.4, 0.5) is 0 Å². The molecule has 0 heterocycles. The molecule has 0 saturated carbocycles. The van der Waals surface area contributed by atoms with Crippen LogP contribution >= 0.6 is 22.6 Å². The van der Waals surface area contributed by atoms with Crippen LogP contribution < -0.4 is 0 Å². The monoisotopic (exact) mass is 424 g/mol. The highest BCUT2D eigenvalue weighted by Crippen LogP contribution is 2.39. The SMILES string of the molecule is C/C(I)=C\[C@H](C)[C@@H](CC[C@@H](C)C=O)O[Si](C)(C)C(C)(C)C. The number of halogens is 1. The Morgan fingerprint density at radius 3 is 2.14 bits per heavy atom. The highest BCUT2D eigenvalue weighted by Gasteiger charge is 2.39. The summed E-state index contributed by atoms with van der Waals surface area (Å²) in [5.41, 5.74) is 0. The Balaban J connectivity index is 5.04. The van der Waals surface area contributed by atoms with Gasteiger partial charge in [-0.1, -0.05) is 40.7 Å². The van der Waals surface area contributed by atoms with E-state index in [2.05, 4.69) is 76.4 Å². The molecule has 0 saturated heterocycles. The number of hydrogen-bond donors (Lipinski definition) is 0. The second-order valence-electron chi connectivity index (χ2n) is 7.72. The average molecular weight is 424 g/mol. The zero-order valence-electron chi connectivity index (χ0n) is 15.0. The van der Waals surface area contributed by atoms with Gasteiger partial charge < -0.3 is 9.22 Å². The molecule has 0 unspecified atom stereocenters. The second-order valence-corrected chi connectivity index (χ2v) is 14.2. The fourth-order valence-corrected chi connectivity index (χ4v) is 3.96. The normalized spacial score (nSPS) is 18.2. The Morgan fingerprint density at radius 1 is 1.24 bits per heavy atom. The van der Waals surface area contributed by atoms with Crippen LogP contribution in [0, 0.1) is 11.8 Å². The van der Waals surface area contributed by atoms with E-state index in [0.29, 0.717) is 5.92 Å². The average Bonchev–Trinajstić information content (AvgIpc) is 2.31. The summed E-state index contributed by atoms with van der Waals surface area (Å²) in [7, 11) is -1.78. The summed E-state index contributed by atoms with van der Waals surface area (Å²) in [6.07, 6.45) is 5.39. The zero-order chi connectivity index (χ0) is 16.8. The van der Waals surface area contributed by atoms with Crippen LogP contribution in [0.15, 0.2) is 9.66 Å². The summed E-state index contributed by atoms with van der Waals surface area (Å²) < 4.78 is 7.93. The van der Waals surface area contributed by atoms with Gasteiger partial charge >= 0.3 is 0 Å². The lowest BCUT2D eigenvalue weighted by molar-refractivity contribution is -0.110. The van der Waals surface area contributed by atoms with Crippen LogP contribution in [0.3, 0.4) is 0 Å². The molecular formula is C17H33IO2Si. The van der Waals surface area contributed by atoms with E-state index in [4.69, 9.17) is 4.43 Å². The van der Waals surface area contributed by atoms with E-state index >= 15 is 0 Å². The van der Waals surface area contributed by atoms with E-state index < -0.39 is 8.32 Å². The van der Waals surface area contributed by atoms with Crippen molar-refractivity contribution in [2.45, 2.75) is 78.6 Å². The predicted molar refractivity (Wildman–Crippen MR) is 103 cm³/mol. The first-order valence-corrected chi connectivity index (χ1v) is 11.9. The van der Waals surface area contributed by atoms with Gasteiger partial charge in [-0.2, -0.15) is 0 Å². The Hall–Kier alpha value is 0.317. The van der Waals surface area contributed by atoms with Crippen molar-refractivity contribution in [3.8, 4) is 0 Å². The Morgan fingerprint density at radius 2 is 1.76 bits per heavy atom. The smallest absolute Gasteiger partial charge is 0.192 e. The molecule has 124 valence electrons. The number of carbonyl (C=O) groups is 1. The van der Waals surface area contributed by atoms with Crippen molar-refractivity contribution < 1.29 is 9.22 Å². The molecule has 0 aliphatic carbocycles. The van der Waals surface area contributed by atoms with Gasteiger partial charge in [-0.15, -0.1) is 0 Å². The molecule has 0 bridgehead atoms. The van der Waals surface area contributed by atoms with Crippen molar-refractivity contribution in [1.29, 1.82) is 0 Å². The van der Waals surface area contributed by atoms with E-state index in [1.165, 1.54) is 3.58 Å². The highest BCUT2D eigenvalue weighted by atomic mass is 127. The zero-order valence-corrected chi connectivity index (χ0v) is 18.2. The van der Waals surface area contributed by atoms with Gasteiger partial charge in [-0.05, 0) is 70.0 Å². The molecule has 0 spiro atoms. The van der Waals surface area contributed by atoms with Crippen LogP contribution in [-0.4, -0.2) is 20.7 Å². The van der Waals surface area contributed by atoms with Crippen molar-refractivity contribution in [1.82, 2.24) is 0 Å². The van der Waals surface area contributed by atoms with Crippen LogP contribution in [0.5, 0.6) is 0 Å². The molecular weight excluding hydrogens is 391 g/mol. The van der Waals surface area contributed by atoms with E-state index in [0.717, 1.165) is 19.1 Å². The van der Waals surface area contributed by atoms with Gasteiger partial charge in [0.05, 0.1) is 6.10 Å². The van der Waals surface area contributed by atoms with Crippen LogP contribution in [0.1, 0.15) is 54.4 Å². The minimum Gasteiger partial charge on any atom is -0.413 e. The van der Waals surface area contributed by atoms with Gasteiger partial charge in [0.25, 0.3) is 0 Å². The molecule has 0 fully saturated rings. The largest absolute Gasteiger partial charge is 0.413 e. The van der Waals surface area contributed by atoms with Gasteiger partial charge in [-0.25, -0.2) is 0 Å². The molecule has 3 atom stereocenters. The summed E-state index contributed by atoms with van der Waals surface area (Å²) in [4.78, 5) is 10.9. The predicted octanol–water partition coefficient (Wildman–Crippen LogP) is 5.97. The number of allylic oxidation sites excluding steroid dienone is 1. The van der Waals surface area contributed by atoms with Crippen LogP contribution in [0.25, 0.3) is 0 Å². The number of carbonyl (C=O) groups excluding carboxylic acids is 1. The lowest BCUT2D eigenvalue weighted by Gasteiger charge is -2.40. The minimum atomic E-state index is -1.78. The summed E-state index contributed by atoms with van der Waals surface area (Å²) in [5.74, 6) is 0.502. The quantitative estimate of drug-likeness (QED) is 0.273. The maximum absolute atomic E-state index is 10.9. The Labute approximate surface area is 146 Å². The minimum absolute atomic E-state index is 0.118. The van der Waals surface area contributed by atoms with Crippen LogP contribution in [-0.2, 0) is 9.22 Å². The summed E-state index contributed by atoms with van der Waals surface area (Å²) >= 11 is 2.35. The van der Waals surface area contributed by atoms with Crippen molar-refractivity contribution in [3.63, 3.8) is 0 Å². The lowest BCUT2D eigenvalue weighted by atomic mass is 9.96. The number of aldehydes is 1. The maximum Gasteiger partial charge on any atom is 0.192 e. The topological polar surface area (TPSA) is 26.3 Å². The van der Waals surface area contributed by atoms with Gasteiger partial charge in [-0.3, -0.25) is 0 Å². The molecule has 0 amide bonds.